The van der Waals surface area contributed by atoms with Crippen molar-refractivity contribution < 1.29 is 14.6 Å². The Morgan fingerprint density at radius 2 is 2.29 bits per heavy atom. The van der Waals surface area contributed by atoms with Crippen molar-refractivity contribution in [3.05, 3.63) is 30.0 Å². The number of nitrogens with one attached hydrogen (secondary N) is 2. The Morgan fingerprint density at radius 3 is 3.00 bits per heavy atom. The number of hydrogen-bond acceptors (Lipinski definition) is 3. The fraction of sp³-hybridized carbons (Fsp3) is 0.438. The highest BCUT2D eigenvalue weighted by Crippen LogP contribution is 2.28. The fourth-order valence-corrected chi connectivity index (χ4v) is 2.43. The molecule has 5 heteroatoms. The van der Waals surface area contributed by atoms with Crippen molar-refractivity contribution in [1.29, 1.82) is 0 Å². The van der Waals surface area contributed by atoms with Crippen LogP contribution in [0.2, 0.25) is 0 Å². The van der Waals surface area contributed by atoms with E-state index in [1.807, 2.05) is 31.3 Å². The van der Waals surface area contributed by atoms with Gasteiger partial charge in [-0.15, -0.1) is 0 Å². The van der Waals surface area contributed by atoms with E-state index in [-0.39, 0.29) is 12.3 Å². The fourth-order valence-electron chi connectivity index (χ4n) is 2.43. The lowest BCUT2D eigenvalue weighted by Gasteiger charge is -2.10. The molecule has 1 atom stereocenters. The third-order valence-electron chi connectivity index (χ3n) is 3.48. The van der Waals surface area contributed by atoms with Gasteiger partial charge in [0, 0.05) is 23.6 Å². The lowest BCUT2D eigenvalue weighted by molar-refractivity contribution is -0.120. The van der Waals surface area contributed by atoms with Crippen LogP contribution in [0.15, 0.2) is 24.4 Å². The molecule has 1 amide bonds. The van der Waals surface area contributed by atoms with Crippen LogP contribution in [-0.2, 0) is 11.2 Å². The van der Waals surface area contributed by atoms with E-state index in [4.69, 9.17) is 4.74 Å². The molecule has 0 radical (unpaired) electrons. The smallest absolute Gasteiger partial charge is 0.224 e. The second kappa shape index (κ2) is 7.13. The molecule has 0 fully saturated rings. The van der Waals surface area contributed by atoms with Gasteiger partial charge in [0.15, 0.2) is 0 Å². The number of aliphatic hydroxyl groups excluding tert-OH is 1. The van der Waals surface area contributed by atoms with Gasteiger partial charge in [-0.1, -0.05) is 19.4 Å². The van der Waals surface area contributed by atoms with Crippen LogP contribution in [0.3, 0.4) is 0 Å². The van der Waals surface area contributed by atoms with Gasteiger partial charge >= 0.3 is 0 Å². The van der Waals surface area contributed by atoms with Crippen LogP contribution in [-0.4, -0.2) is 35.8 Å². The SMILES string of the molecule is CCCC(O)CNC(=O)Cc1c[nH]c2cccc(OC)c12. The molecule has 0 spiro atoms. The topological polar surface area (TPSA) is 74.4 Å². The number of ether oxygens (including phenoxy) is 1. The Hall–Kier alpha value is -2.01. The molecule has 0 aliphatic carbocycles. The monoisotopic (exact) mass is 290 g/mol. The molecule has 0 saturated heterocycles. The predicted octanol–water partition coefficient (Wildman–Crippen LogP) is 2.00. The normalized spacial score (nSPS) is 12.3. The third kappa shape index (κ3) is 3.76. The first kappa shape index (κ1) is 15.4. The van der Waals surface area contributed by atoms with E-state index in [1.165, 1.54) is 0 Å². The summed E-state index contributed by atoms with van der Waals surface area (Å²) in [6.07, 6.45) is 3.21. The zero-order chi connectivity index (χ0) is 15.2. The van der Waals surface area contributed by atoms with E-state index >= 15 is 0 Å². The number of methoxy groups -OCH3 is 1. The molecule has 1 aromatic heterocycles. The Labute approximate surface area is 124 Å². The lowest BCUT2D eigenvalue weighted by atomic mass is 10.1. The van der Waals surface area contributed by atoms with Crippen LogP contribution in [0.1, 0.15) is 25.3 Å². The van der Waals surface area contributed by atoms with Crippen LogP contribution < -0.4 is 10.1 Å². The number of H-pyrrole nitrogens is 1. The van der Waals surface area contributed by atoms with Gasteiger partial charge in [0.2, 0.25) is 5.91 Å². The number of aliphatic hydroxyl groups is 1. The zero-order valence-corrected chi connectivity index (χ0v) is 12.5. The van der Waals surface area contributed by atoms with E-state index in [0.29, 0.717) is 13.0 Å². The van der Waals surface area contributed by atoms with Gasteiger partial charge in [0.05, 0.1) is 19.6 Å². The lowest BCUT2D eigenvalue weighted by Crippen LogP contribution is -2.32. The van der Waals surface area contributed by atoms with Crippen LogP contribution in [0.4, 0.5) is 0 Å². The molecule has 21 heavy (non-hydrogen) atoms. The van der Waals surface area contributed by atoms with E-state index in [1.54, 1.807) is 7.11 Å². The van der Waals surface area contributed by atoms with Gasteiger partial charge in [0.1, 0.15) is 5.75 Å². The molecule has 1 aromatic carbocycles. The van der Waals surface area contributed by atoms with Crippen molar-refractivity contribution in [2.75, 3.05) is 13.7 Å². The number of rotatable bonds is 7. The first-order valence-electron chi connectivity index (χ1n) is 7.23. The summed E-state index contributed by atoms with van der Waals surface area (Å²) in [4.78, 5) is 15.1. The molecule has 1 unspecified atom stereocenters. The number of aromatic nitrogens is 1. The second-order valence-electron chi connectivity index (χ2n) is 5.12. The third-order valence-corrected chi connectivity index (χ3v) is 3.48. The summed E-state index contributed by atoms with van der Waals surface area (Å²) < 4.78 is 5.35. The molecular weight excluding hydrogens is 268 g/mol. The number of carbonyl (C=O) groups excluding carboxylic acids is 1. The summed E-state index contributed by atoms with van der Waals surface area (Å²) in [5.74, 6) is 0.652. The van der Waals surface area contributed by atoms with Crippen LogP contribution >= 0.6 is 0 Å². The highest BCUT2D eigenvalue weighted by molar-refractivity contribution is 5.93. The highest BCUT2D eigenvalue weighted by atomic mass is 16.5. The maximum absolute atomic E-state index is 12.0. The van der Waals surface area contributed by atoms with Crippen molar-refractivity contribution in [2.45, 2.75) is 32.3 Å². The minimum absolute atomic E-state index is 0.100. The number of carbonyl (C=O) groups is 1. The summed E-state index contributed by atoms with van der Waals surface area (Å²) in [7, 11) is 1.62. The summed E-state index contributed by atoms with van der Waals surface area (Å²) >= 11 is 0. The number of hydrogen-bond donors (Lipinski definition) is 3. The molecule has 114 valence electrons. The maximum atomic E-state index is 12.0. The Balaban J connectivity index is 2.04. The Kier molecular flexibility index (Phi) is 5.22. The average Bonchev–Trinajstić information content (AvgIpc) is 2.88. The summed E-state index contributed by atoms with van der Waals surface area (Å²) in [5, 5.41) is 13.3. The first-order valence-corrected chi connectivity index (χ1v) is 7.23. The van der Waals surface area contributed by atoms with Crippen molar-refractivity contribution in [2.24, 2.45) is 0 Å². The van der Waals surface area contributed by atoms with Gasteiger partial charge in [-0.3, -0.25) is 4.79 Å². The molecular formula is C16H22N2O3. The quantitative estimate of drug-likeness (QED) is 0.730. The van der Waals surface area contributed by atoms with Crippen molar-refractivity contribution in [3.8, 4) is 5.75 Å². The first-order chi connectivity index (χ1) is 10.2. The number of amides is 1. The molecule has 0 bridgehead atoms. The molecule has 0 aliphatic rings. The van der Waals surface area contributed by atoms with Gasteiger partial charge in [-0.25, -0.2) is 0 Å². The molecule has 2 rings (SSSR count). The van der Waals surface area contributed by atoms with Crippen LogP contribution in [0.25, 0.3) is 10.9 Å². The van der Waals surface area contributed by atoms with E-state index in [9.17, 15) is 9.90 Å². The van der Waals surface area contributed by atoms with Crippen LogP contribution in [0.5, 0.6) is 5.75 Å². The van der Waals surface area contributed by atoms with Crippen molar-refractivity contribution in [3.63, 3.8) is 0 Å². The van der Waals surface area contributed by atoms with Gasteiger partial charge < -0.3 is 20.1 Å². The maximum Gasteiger partial charge on any atom is 0.224 e. The molecule has 0 aliphatic heterocycles. The summed E-state index contributed by atoms with van der Waals surface area (Å²) in [5.41, 5.74) is 1.84. The molecule has 0 saturated carbocycles. The summed E-state index contributed by atoms with van der Waals surface area (Å²) in [6.45, 7) is 2.30. The molecule has 1 heterocycles. The molecule has 5 nitrogen and oxygen atoms in total. The largest absolute Gasteiger partial charge is 0.496 e. The van der Waals surface area contributed by atoms with E-state index in [2.05, 4.69) is 10.3 Å². The summed E-state index contributed by atoms with van der Waals surface area (Å²) in [6, 6.07) is 5.73. The average molecular weight is 290 g/mol. The number of benzene rings is 1. The Morgan fingerprint density at radius 1 is 1.48 bits per heavy atom. The van der Waals surface area contributed by atoms with Crippen molar-refractivity contribution in [1.82, 2.24) is 10.3 Å². The minimum Gasteiger partial charge on any atom is -0.496 e. The van der Waals surface area contributed by atoms with E-state index < -0.39 is 6.10 Å². The standard InChI is InChI=1S/C16H22N2O3/c1-3-5-12(19)10-18-15(20)8-11-9-17-13-6-4-7-14(21-2)16(11)13/h4,6-7,9,12,17,19H,3,5,8,10H2,1-2H3,(H,18,20). The van der Waals surface area contributed by atoms with Gasteiger partial charge in [0.25, 0.3) is 0 Å². The van der Waals surface area contributed by atoms with Gasteiger partial charge in [-0.2, -0.15) is 0 Å². The molecule has 3 N–H and O–H groups in total. The van der Waals surface area contributed by atoms with Gasteiger partial charge in [-0.05, 0) is 24.1 Å². The van der Waals surface area contributed by atoms with Crippen molar-refractivity contribution >= 4 is 16.8 Å². The second-order valence-corrected chi connectivity index (χ2v) is 5.12. The minimum atomic E-state index is -0.476. The Bertz CT molecular complexity index is 607. The predicted molar refractivity (Wildman–Crippen MR) is 82.5 cm³/mol. The molecule has 2 aromatic rings. The van der Waals surface area contributed by atoms with Crippen LogP contribution in [0, 0.1) is 0 Å². The number of aromatic amines is 1. The number of fused-ring (bicyclic) bond motifs is 1. The highest BCUT2D eigenvalue weighted by Gasteiger charge is 2.13. The zero-order valence-electron chi connectivity index (χ0n) is 12.5. The van der Waals surface area contributed by atoms with E-state index in [0.717, 1.165) is 28.6 Å².